The van der Waals surface area contributed by atoms with Gasteiger partial charge in [0, 0.05) is 17.8 Å². The first-order valence-corrected chi connectivity index (χ1v) is 9.97. The van der Waals surface area contributed by atoms with Crippen LogP contribution in [-0.2, 0) is 10.9 Å². The summed E-state index contributed by atoms with van der Waals surface area (Å²) < 4.78 is 43.8. The molecule has 1 amide bonds. The van der Waals surface area contributed by atoms with Gasteiger partial charge in [-0.05, 0) is 57.2 Å². The van der Waals surface area contributed by atoms with Crippen molar-refractivity contribution in [3.05, 3.63) is 66.2 Å². The zero-order valence-electron chi connectivity index (χ0n) is 18.2. The van der Waals surface area contributed by atoms with Crippen molar-refractivity contribution in [2.24, 2.45) is 0 Å². The second-order valence-electron chi connectivity index (χ2n) is 8.17. The van der Waals surface area contributed by atoms with Gasteiger partial charge in [0.25, 0.3) is 0 Å². The molecule has 33 heavy (non-hydrogen) atoms. The van der Waals surface area contributed by atoms with Crippen LogP contribution in [0.4, 0.5) is 52.4 Å². The third kappa shape index (κ3) is 7.03. The number of nitrogens with one attached hydrogen (secondary N) is 3. The molecule has 0 aliphatic rings. The molecular formula is C23H24F3N5O2. The number of nitrogens with zero attached hydrogens (tertiary/aromatic N) is 1. The number of pyridine rings is 1. The van der Waals surface area contributed by atoms with Crippen molar-refractivity contribution in [2.75, 3.05) is 21.7 Å². The summed E-state index contributed by atoms with van der Waals surface area (Å²) in [7, 11) is 0. The van der Waals surface area contributed by atoms with Crippen LogP contribution >= 0.6 is 0 Å². The average Bonchev–Trinajstić information content (AvgIpc) is 2.68. The average molecular weight is 459 g/mol. The lowest BCUT2D eigenvalue weighted by molar-refractivity contribution is -0.137. The monoisotopic (exact) mass is 459 g/mol. The second-order valence-corrected chi connectivity index (χ2v) is 8.17. The van der Waals surface area contributed by atoms with Gasteiger partial charge in [0.15, 0.2) is 0 Å². The summed E-state index contributed by atoms with van der Waals surface area (Å²) in [5.74, 6) is 0.621. The number of para-hydroxylation sites is 2. The zero-order valence-corrected chi connectivity index (χ0v) is 18.2. The molecule has 0 unspecified atom stereocenters. The molecule has 10 heteroatoms. The fraction of sp³-hybridized carbons (Fsp3) is 0.217. The van der Waals surface area contributed by atoms with E-state index in [9.17, 15) is 18.0 Å². The number of benzene rings is 2. The zero-order chi connectivity index (χ0) is 24.2. The Labute approximate surface area is 189 Å². The summed E-state index contributed by atoms with van der Waals surface area (Å²) in [6.45, 7) is 5.21. The van der Waals surface area contributed by atoms with Crippen molar-refractivity contribution in [1.29, 1.82) is 0 Å². The van der Waals surface area contributed by atoms with Gasteiger partial charge in [0.05, 0.1) is 22.6 Å². The Morgan fingerprint density at radius 1 is 0.909 bits per heavy atom. The van der Waals surface area contributed by atoms with E-state index in [0.29, 0.717) is 28.6 Å². The maximum absolute atomic E-state index is 12.8. The molecule has 3 aromatic rings. The molecule has 3 rings (SSSR count). The van der Waals surface area contributed by atoms with Crippen molar-refractivity contribution in [3.63, 3.8) is 0 Å². The van der Waals surface area contributed by atoms with E-state index in [4.69, 9.17) is 10.5 Å². The number of rotatable bonds is 5. The van der Waals surface area contributed by atoms with Crippen LogP contribution < -0.4 is 21.7 Å². The van der Waals surface area contributed by atoms with Gasteiger partial charge in [-0.25, -0.2) is 9.78 Å². The predicted molar refractivity (Wildman–Crippen MR) is 123 cm³/mol. The van der Waals surface area contributed by atoms with E-state index in [2.05, 4.69) is 20.9 Å². The van der Waals surface area contributed by atoms with E-state index in [1.807, 2.05) is 0 Å². The van der Waals surface area contributed by atoms with Crippen molar-refractivity contribution >= 4 is 40.5 Å². The van der Waals surface area contributed by atoms with Gasteiger partial charge in [-0.1, -0.05) is 12.1 Å². The fourth-order valence-electron chi connectivity index (χ4n) is 2.79. The van der Waals surface area contributed by atoms with Crippen LogP contribution in [0.15, 0.2) is 60.7 Å². The molecule has 0 fully saturated rings. The van der Waals surface area contributed by atoms with Crippen LogP contribution in [0.25, 0.3) is 0 Å². The van der Waals surface area contributed by atoms with Crippen LogP contribution in [-0.4, -0.2) is 16.7 Å². The molecule has 1 aromatic heterocycles. The molecule has 0 spiro atoms. The number of halogens is 3. The van der Waals surface area contributed by atoms with Crippen LogP contribution in [0.5, 0.6) is 0 Å². The molecular weight excluding hydrogens is 435 g/mol. The Kier molecular flexibility index (Phi) is 6.66. The Morgan fingerprint density at radius 3 is 2.09 bits per heavy atom. The van der Waals surface area contributed by atoms with Crippen molar-refractivity contribution in [2.45, 2.75) is 32.5 Å². The highest BCUT2D eigenvalue weighted by molar-refractivity contribution is 5.87. The Balaban J connectivity index is 1.89. The SMILES string of the molecule is CC(C)(C)OC(=O)Nc1cc(Nc2ccc(C(F)(F)F)cc2)nc(Nc2ccccc2N)c1. The van der Waals surface area contributed by atoms with E-state index < -0.39 is 23.4 Å². The number of aromatic nitrogens is 1. The van der Waals surface area contributed by atoms with Gasteiger partial charge >= 0.3 is 12.3 Å². The van der Waals surface area contributed by atoms with Crippen LogP contribution in [0.3, 0.4) is 0 Å². The largest absolute Gasteiger partial charge is 0.444 e. The van der Waals surface area contributed by atoms with E-state index in [1.54, 1.807) is 51.1 Å². The lowest BCUT2D eigenvalue weighted by Gasteiger charge is -2.20. The summed E-state index contributed by atoms with van der Waals surface area (Å²) in [5, 5.41) is 8.65. The van der Waals surface area contributed by atoms with Crippen molar-refractivity contribution < 1.29 is 22.7 Å². The van der Waals surface area contributed by atoms with E-state index in [0.717, 1.165) is 12.1 Å². The normalized spacial score (nSPS) is 11.6. The molecule has 0 aliphatic carbocycles. The first-order chi connectivity index (χ1) is 15.4. The Hall–Kier alpha value is -3.95. The molecule has 0 saturated carbocycles. The van der Waals surface area contributed by atoms with Crippen LogP contribution in [0.2, 0.25) is 0 Å². The quantitative estimate of drug-likeness (QED) is 0.324. The summed E-state index contributed by atoms with van der Waals surface area (Å²) in [4.78, 5) is 16.7. The molecule has 0 bridgehead atoms. The van der Waals surface area contributed by atoms with Crippen molar-refractivity contribution in [1.82, 2.24) is 4.98 Å². The molecule has 5 N–H and O–H groups in total. The molecule has 2 aromatic carbocycles. The lowest BCUT2D eigenvalue weighted by atomic mass is 10.2. The number of ether oxygens (including phenoxy) is 1. The number of carbonyl (C=O) groups excluding carboxylic acids is 1. The minimum atomic E-state index is -4.43. The van der Waals surface area contributed by atoms with Crippen LogP contribution in [0.1, 0.15) is 26.3 Å². The van der Waals surface area contributed by atoms with E-state index in [-0.39, 0.29) is 5.82 Å². The molecule has 0 saturated heterocycles. The minimum absolute atomic E-state index is 0.278. The highest BCUT2D eigenvalue weighted by Gasteiger charge is 2.30. The van der Waals surface area contributed by atoms with Gasteiger partial charge < -0.3 is 21.1 Å². The number of nitrogens with two attached hydrogens (primary N) is 1. The molecule has 0 aliphatic heterocycles. The number of carbonyl (C=O) groups is 1. The van der Waals surface area contributed by atoms with Crippen LogP contribution in [0, 0.1) is 0 Å². The number of anilines is 6. The summed E-state index contributed by atoms with van der Waals surface area (Å²) in [5.41, 5.74) is 6.34. The molecule has 7 nitrogen and oxygen atoms in total. The first kappa shape index (κ1) is 23.7. The summed E-state index contributed by atoms with van der Waals surface area (Å²) in [6.07, 6.45) is -5.10. The predicted octanol–water partition coefficient (Wildman–Crippen LogP) is 6.52. The minimum Gasteiger partial charge on any atom is -0.444 e. The number of hydrogen-bond acceptors (Lipinski definition) is 6. The van der Waals surface area contributed by atoms with Gasteiger partial charge in [0.1, 0.15) is 17.2 Å². The number of amides is 1. The topological polar surface area (TPSA) is 101 Å². The molecule has 1 heterocycles. The van der Waals surface area contributed by atoms with E-state index in [1.165, 1.54) is 18.2 Å². The number of alkyl halides is 3. The fourth-order valence-corrected chi connectivity index (χ4v) is 2.79. The third-order valence-electron chi connectivity index (χ3n) is 4.18. The van der Waals surface area contributed by atoms with Crippen molar-refractivity contribution in [3.8, 4) is 0 Å². The Bertz CT molecular complexity index is 1130. The second kappa shape index (κ2) is 9.27. The standard InChI is InChI=1S/C23H24F3N5O2/c1-22(2,3)33-21(32)29-16-12-19(28-15-10-8-14(9-11-15)23(24,25)26)31-20(13-16)30-18-7-5-4-6-17(18)27/h4-13H,27H2,1-3H3,(H3,28,29,30,31,32). The molecule has 0 atom stereocenters. The maximum Gasteiger partial charge on any atom is 0.416 e. The number of hydrogen-bond donors (Lipinski definition) is 4. The van der Waals surface area contributed by atoms with Gasteiger partial charge in [-0.3, -0.25) is 5.32 Å². The highest BCUT2D eigenvalue weighted by Crippen LogP contribution is 2.31. The third-order valence-corrected chi connectivity index (χ3v) is 4.18. The van der Waals surface area contributed by atoms with Gasteiger partial charge in [-0.2, -0.15) is 13.2 Å². The molecule has 0 radical (unpaired) electrons. The van der Waals surface area contributed by atoms with E-state index >= 15 is 0 Å². The smallest absolute Gasteiger partial charge is 0.416 e. The first-order valence-electron chi connectivity index (χ1n) is 9.97. The molecule has 174 valence electrons. The summed E-state index contributed by atoms with van der Waals surface area (Å²) >= 11 is 0. The highest BCUT2D eigenvalue weighted by atomic mass is 19.4. The number of nitrogen functional groups attached to an aromatic ring is 1. The van der Waals surface area contributed by atoms with Gasteiger partial charge in [0.2, 0.25) is 0 Å². The van der Waals surface area contributed by atoms with Gasteiger partial charge in [-0.15, -0.1) is 0 Å². The lowest BCUT2D eigenvalue weighted by Crippen LogP contribution is -2.27. The maximum atomic E-state index is 12.8. The summed E-state index contributed by atoms with van der Waals surface area (Å²) in [6, 6.07) is 14.7. The Morgan fingerprint density at radius 2 is 1.52 bits per heavy atom.